The number of benzene rings is 3. The number of halogens is 2. The zero-order valence-electron chi connectivity index (χ0n) is 21.0. The largest absolute Gasteiger partial charge is 0.329 e. The van der Waals surface area contributed by atoms with Crippen LogP contribution in [-0.4, -0.2) is 39.6 Å². The molecule has 3 aromatic carbocycles. The second kappa shape index (κ2) is 11.6. The summed E-state index contributed by atoms with van der Waals surface area (Å²) in [6, 6.07) is 22.4. The number of rotatable bonds is 8. The second-order valence-electron chi connectivity index (χ2n) is 8.82. The SMILES string of the molecule is CCCN(CC(=O)Nc1c(-c2ccccc2)c(C)nn1-c1ccc(C)cc1)C(=O)c1ccc(Cl)cc1Cl. The number of carbonyl (C=O) groups is 2. The Kier molecular flexibility index (Phi) is 8.31. The second-order valence-corrected chi connectivity index (χ2v) is 9.67. The number of hydrogen-bond donors (Lipinski definition) is 1. The number of aromatic nitrogens is 2. The Morgan fingerprint density at radius 3 is 2.32 bits per heavy atom. The van der Waals surface area contributed by atoms with E-state index in [4.69, 9.17) is 28.3 Å². The number of nitrogens with zero attached hydrogens (tertiary/aromatic N) is 3. The van der Waals surface area contributed by atoms with Crippen molar-refractivity contribution in [2.75, 3.05) is 18.4 Å². The van der Waals surface area contributed by atoms with E-state index < -0.39 is 0 Å². The molecule has 0 aliphatic heterocycles. The standard InChI is InChI=1S/C29H28Cl2N4O2/c1-4-16-34(29(37)24-15-12-22(30)17-25(24)31)18-26(36)32-28-27(21-8-6-5-7-9-21)20(3)33-35(28)23-13-10-19(2)11-14-23/h5-15,17H,4,16,18H2,1-3H3,(H,32,36). The molecule has 6 nitrogen and oxygen atoms in total. The molecule has 4 aromatic rings. The number of anilines is 1. The average molecular weight is 535 g/mol. The van der Waals surface area contributed by atoms with Crippen LogP contribution in [0.15, 0.2) is 72.8 Å². The van der Waals surface area contributed by atoms with Gasteiger partial charge in [0.2, 0.25) is 5.91 Å². The first-order chi connectivity index (χ1) is 17.8. The quantitative estimate of drug-likeness (QED) is 0.265. The number of carbonyl (C=O) groups excluding carboxylic acids is 2. The lowest BCUT2D eigenvalue weighted by molar-refractivity contribution is -0.116. The Hall–Kier alpha value is -3.61. The maximum absolute atomic E-state index is 13.4. The van der Waals surface area contributed by atoms with Crippen molar-refractivity contribution in [3.63, 3.8) is 0 Å². The first-order valence-electron chi connectivity index (χ1n) is 12.0. The van der Waals surface area contributed by atoms with E-state index in [0.29, 0.717) is 29.4 Å². The molecule has 0 saturated heterocycles. The fraction of sp³-hybridized carbons (Fsp3) is 0.207. The fourth-order valence-corrected chi connectivity index (χ4v) is 4.66. The topological polar surface area (TPSA) is 67.2 Å². The summed E-state index contributed by atoms with van der Waals surface area (Å²) in [6.45, 7) is 6.14. The molecule has 8 heteroatoms. The predicted octanol–water partition coefficient (Wildman–Crippen LogP) is 6.95. The highest BCUT2D eigenvalue weighted by atomic mass is 35.5. The zero-order chi connectivity index (χ0) is 26.5. The van der Waals surface area contributed by atoms with E-state index in [1.807, 2.05) is 75.4 Å². The molecule has 0 aliphatic rings. The number of hydrogen-bond acceptors (Lipinski definition) is 3. The molecule has 4 rings (SSSR count). The summed E-state index contributed by atoms with van der Waals surface area (Å²) in [4.78, 5) is 28.2. The highest BCUT2D eigenvalue weighted by molar-refractivity contribution is 6.36. The van der Waals surface area contributed by atoms with E-state index in [9.17, 15) is 9.59 Å². The van der Waals surface area contributed by atoms with Gasteiger partial charge in [0.05, 0.1) is 22.0 Å². The summed E-state index contributed by atoms with van der Waals surface area (Å²) in [7, 11) is 0. The molecule has 0 radical (unpaired) electrons. The van der Waals surface area contributed by atoms with Gasteiger partial charge in [-0.3, -0.25) is 9.59 Å². The van der Waals surface area contributed by atoms with Crippen molar-refractivity contribution in [2.24, 2.45) is 0 Å². The highest BCUT2D eigenvalue weighted by Crippen LogP contribution is 2.33. The van der Waals surface area contributed by atoms with Gasteiger partial charge >= 0.3 is 0 Å². The zero-order valence-corrected chi connectivity index (χ0v) is 22.5. The molecule has 1 N–H and O–H groups in total. The number of nitrogens with one attached hydrogen (secondary N) is 1. The molecule has 1 aromatic heterocycles. The Morgan fingerprint density at radius 2 is 1.68 bits per heavy atom. The normalized spacial score (nSPS) is 10.8. The lowest BCUT2D eigenvalue weighted by Gasteiger charge is -2.22. The van der Waals surface area contributed by atoms with Gasteiger partial charge in [-0.05, 0) is 56.2 Å². The van der Waals surface area contributed by atoms with E-state index in [1.165, 1.54) is 11.0 Å². The molecule has 0 saturated carbocycles. The van der Waals surface area contributed by atoms with Crippen LogP contribution < -0.4 is 5.32 Å². The van der Waals surface area contributed by atoms with Crippen molar-refractivity contribution in [1.29, 1.82) is 0 Å². The molecule has 2 amide bonds. The molecule has 37 heavy (non-hydrogen) atoms. The number of amides is 2. The van der Waals surface area contributed by atoms with Crippen LogP contribution in [0.2, 0.25) is 10.0 Å². The summed E-state index contributed by atoms with van der Waals surface area (Å²) in [5, 5.41) is 8.48. The minimum atomic E-state index is -0.336. The van der Waals surface area contributed by atoms with Gasteiger partial charge in [0.15, 0.2) is 0 Å². The molecule has 0 atom stereocenters. The van der Waals surface area contributed by atoms with Crippen LogP contribution in [0.25, 0.3) is 16.8 Å². The van der Waals surface area contributed by atoms with Crippen LogP contribution in [0, 0.1) is 13.8 Å². The molecule has 190 valence electrons. The molecule has 0 fully saturated rings. The van der Waals surface area contributed by atoms with Crippen molar-refractivity contribution in [2.45, 2.75) is 27.2 Å². The lowest BCUT2D eigenvalue weighted by Crippen LogP contribution is -2.39. The Labute approximate surface area is 226 Å². The minimum Gasteiger partial charge on any atom is -0.329 e. The highest BCUT2D eigenvalue weighted by Gasteiger charge is 2.24. The van der Waals surface area contributed by atoms with Gasteiger partial charge < -0.3 is 10.2 Å². The fourth-order valence-electron chi connectivity index (χ4n) is 4.17. The lowest BCUT2D eigenvalue weighted by atomic mass is 10.1. The molecular formula is C29H28Cl2N4O2. The third kappa shape index (κ3) is 6.04. The van der Waals surface area contributed by atoms with Crippen molar-refractivity contribution >= 4 is 40.8 Å². The molecule has 0 spiro atoms. The third-order valence-corrected chi connectivity index (χ3v) is 6.48. The van der Waals surface area contributed by atoms with Crippen molar-refractivity contribution in [3.8, 4) is 16.8 Å². The van der Waals surface area contributed by atoms with Gasteiger partial charge in [-0.25, -0.2) is 4.68 Å². The van der Waals surface area contributed by atoms with Gasteiger partial charge in [0.1, 0.15) is 12.4 Å². The minimum absolute atomic E-state index is 0.141. The number of aryl methyl sites for hydroxylation is 2. The van der Waals surface area contributed by atoms with E-state index in [1.54, 1.807) is 16.8 Å². The van der Waals surface area contributed by atoms with Crippen molar-refractivity contribution < 1.29 is 9.59 Å². The van der Waals surface area contributed by atoms with E-state index in [-0.39, 0.29) is 23.4 Å². The Bertz CT molecular complexity index is 1420. The third-order valence-electron chi connectivity index (χ3n) is 5.94. The van der Waals surface area contributed by atoms with E-state index in [0.717, 1.165) is 28.1 Å². The maximum atomic E-state index is 13.4. The average Bonchev–Trinajstić information content (AvgIpc) is 3.19. The maximum Gasteiger partial charge on any atom is 0.255 e. The summed E-state index contributed by atoms with van der Waals surface area (Å²) in [5.41, 5.74) is 4.78. The molecule has 0 aliphatic carbocycles. The van der Waals surface area contributed by atoms with Gasteiger partial charge in [-0.2, -0.15) is 5.10 Å². The van der Waals surface area contributed by atoms with Gasteiger partial charge in [0.25, 0.3) is 5.91 Å². The van der Waals surface area contributed by atoms with Crippen LogP contribution >= 0.6 is 23.2 Å². The Morgan fingerprint density at radius 1 is 0.973 bits per heavy atom. The monoisotopic (exact) mass is 534 g/mol. The molecule has 0 unspecified atom stereocenters. The summed E-state index contributed by atoms with van der Waals surface area (Å²) < 4.78 is 1.73. The summed E-state index contributed by atoms with van der Waals surface area (Å²) in [6.07, 6.45) is 0.680. The predicted molar refractivity (Wildman–Crippen MR) is 150 cm³/mol. The van der Waals surface area contributed by atoms with Crippen LogP contribution in [0.3, 0.4) is 0 Å². The smallest absolute Gasteiger partial charge is 0.255 e. The van der Waals surface area contributed by atoms with E-state index >= 15 is 0 Å². The van der Waals surface area contributed by atoms with Crippen LogP contribution in [0.4, 0.5) is 5.82 Å². The molecule has 0 bridgehead atoms. The summed E-state index contributed by atoms with van der Waals surface area (Å²) >= 11 is 12.3. The van der Waals surface area contributed by atoms with Gasteiger partial charge in [-0.1, -0.05) is 78.2 Å². The van der Waals surface area contributed by atoms with Gasteiger partial charge in [-0.15, -0.1) is 0 Å². The van der Waals surface area contributed by atoms with E-state index in [2.05, 4.69) is 5.32 Å². The first-order valence-corrected chi connectivity index (χ1v) is 12.8. The summed E-state index contributed by atoms with van der Waals surface area (Å²) in [5.74, 6) is -0.117. The van der Waals surface area contributed by atoms with Crippen molar-refractivity contribution in [3.05, 3.63) is 99.7 Å². The molecular weight excluding hydrogens is 507 g/mol. The van der Waals surface area contributed by atoms with Crippen LogP contribution in [0.1, 0.15) is 35.0 Å². The first kappa shape index (κ1) is 26.5. The van der Waals surface area contributed by atoms with Crippen LogP contribution in [-0.2, 0) is 4.79 Å². The molecule has 1 heterocycles. The van der Waals surface area contributed by atoms with Gasteiger partial charge in [0, 0.05) is 17.1 Å². The van der Waals surface area contributed by atoms with Crippen LogP contribution in [0.5, 0.6) is 0 Å². The Balaban J connectivity index is 1.68. The van der Waals surface area contributed by atoms with Crippen molar-refractivity contribution in [1.82, 2.24) is 14.7 Å².